The number of nitrogens with zero attached hydrogens (tertiary/aromatic N) is 4. The van der Waals surface area contributed by atoms with Crippen LogP contribution in [0.4, 0.5) is 4.39 Å². The molecule has 0 spiro atoms. The van der Waals surface area contributed by atoms with E-state index in [2.05, 4.69) is 25.0 Å². The lowest BCUT2D eigenvalue weighted by Crippen LogP contribution is -2.24. The predicted octanol–water partition coefficient (Wildman–Crippen LogP) is 3.55. The number of hydrogen-bond acceptors (Lipinski definition) is 5. The first kappa shape index (κ1) is 15.3. The zero-order valence-corrected chi connectivity index (χ0v) is 13.8. The lowest BCUT2D eigenvalue weighted by atomic mass is 10.2. The van der Waals surface area contributed by atoms with E-state index < -0.39 is 0 Å². The van der Waals surface area contributed by atoms with Crippen LogP contribution in [0.25, 0.3) is 11.0 Å². The van der Waals surface area contributed by atoms with E-state index >= 15 is 0 Å². The fourth-order valence-electron chi connectivity index (χ4n) is 3.24. The first-order chi connectivity index (χ1) is 11.6. The third-order valence-electron chi connectivity index (χ3n) is 4.48. The lowest BCUT2D eigenvalue weighted by molar-refractivity contribution is 0.229. The molecule has 2 aromatic heterocycles. The van der Waals surface area contributed by atoms with E-state index in [1.807, 2.05) is 19.9 Å². The third-order valence-corrected chi connectivity index (χ3v) is 4.48. The van der Waals surface area contributed by atoms with Crippen molar-refractivity contribution in [3.63, 3.8) is 0 Å². The number of nitrogens with one attached hydrogen (secondary N) is 1. The topological polar surface area (TPSA) is 70.8 Å². The van der Waals surface area contributed by atoms with Crippen molar-refractivity contribution >= 4 is 11.0 Å². The second kappa shape index (κ2) is 5.98. The van der Waals surface area contributed by atoms with E-state index in [4.69, 9.17) is 4.52 Å². The second-order valence-electron chi connectivity index (χ2n) is 6.59. The maximum atomic E-state index is 13.8. The van der Waals surface area contributed by atoms with Gasteiger partial charge in [-0.2, -0.15) is 4.98 Å². The standard InChI is InChI=1S/C17H20FN5O/c1-10(2)17-21-16(22-24-17)13-7-4-8-23(13)9-14-19-12-6-3-5-11(18)15(12)20-14/h3,5-6,10,13H,4,7-9H2,1-2H3,(H,19,20)/t13-/m1/s1. The first-order valence-electron chi connectivity index (χ1n) is 8.32. The molecule has 1 aliphatic rings. The maximum absolute atomic E-state index is 13.8. The normalized spacial score (nSPS) is 18.9. The molecule has 0 saturated carbocycles. The summed E-state index contributed by atoms with van der Waals surface area (Å²) in [5.74, 6) is 2.09. The van der Waals surface area contributed by atoms with Gasteiger partial charge in [-0.1, -0.05) is 25.1 Å². The van der Waals surface area contributed by atoms with E-state index in [1.54, 1.807) is 6.07 Å². The largest absolute Gasteiger partial charge is 0.341 e. The van der Waals surface area contributed by atoms with Crippen LogP contribution in [0.3, 0.4) is 0 Å². The number of imidazole rings is 1. The van der Waals surface area contributed by atoms with Gasteiger partial charge in [-0.25, -0.2) is 9.37 Å². The first-order valence-corrected chi connectivity index (χ1v) is 8.32. The summed E-state index contributed by atoms with van der Waals surface area (Å²) in [6.45, 7) is 5.62. The van der Waals surface area contributed by atoms with E-state index in [-0.39, 0.29) is 17.8 Å². The zero-order valence-electron chi connectivity index (χ0n) is 13.8. The smallest absolute Gasteiger partial charge is 0.229 e. The van der Waals surface area contributed by atoms with Crippen molar-refractivity contribution in [2.24, 2.45) is 0 Å². The Labute approximate surface area is 139 Å². The molecule has 1 aliphatic heterocycles. The second-order valence-corrected chi connectivity index (χ2v) is 6.59. The van der Waals surface area contributed by atoms with Gasteiger partial charge in [-0.15, -0.1) is 0 Å². The molecule has 1 saturated heterocycles. The summed E-state index contributed by atoms with van der Waals surface area (Å²) in [5, 5.41) is 4.15. The average Bonchev–Trinajstić information content (AvgIpc) is 3.25. The van der Waals surface area contributed by atoms with Crippen LogP contribution in [0.1, 0.15) is 56.2 Å². The van der Waals surface area contributed by atoms with Gasteiger partial charge in [0.2, 0.25) is 5.89 Å². The van der Waals surface area contributed by atoms with Gasteiger partial charge in [0.25, 0.3) is 0 Å². The number of para-hydroxylation sites is 1. The number of rotatable bonds is 4. The summed E-state index contributed by atoms with van der Waals surface area (Å²) in [6.07, 6.45) is 2.07. The van der Waals surface area contributed by atoms with Crippen LogP contribution in [0, 0.1) is 5.82 Å². The van der Waals surface area contributed by atoms with Crippen molar-refractivity contribution in [3.8, 4) is 0 Å². The minimum absolute atomic E-state index is 0.124. The molecule has 1 atom stereocenters. The van der Waals surface area contributed by atoms with Crippen molar-refractivity contribution in [1.82, 2.24) is 25.0 Å². The number of aromatic nitrogens is 4. The number of likely N-dealkylation sites (tertiary alicyclic amines) is 1. The van der Waals surface area contributed by atoms with Gasteiger partial charge in [-0.05, 0) is 31.5 Å². The Bertz CT molecular complexity index is 856. The Balaban J connectivity index is 1.56. The van der Waals surface area contributed by atoms with E-state index in [9.17, 15) is 4.39 Å². The van der Waals surface area contributed by atoms with E-state index in [0.717, 1.165) is 36.6 Å². The van der Waals surface area contributed by atoms with E-state index in [1.165, 1.54) is 6.07 Å². The van der Waals surface area contributed by atoms with Gasteiger partial charge in [-0.3, -0.25) is 4.90 Å². The fourth-order valence-corrected chi connectivity index (χ4v) is 3.24. The molecule has 6 nitrogen and oxygen atoms in total. The number of benzene rings is 1. The number of aromatic amines is 1. The van der Waals surface area contributed by atoms with Crippen LogP contribution in [-0.2, 0) is 6.54 Å². The molecule has 126 valence electrons. The zero-order chi connectivity index (χ0) is 16.7. The van der Waals surface area contributed by atoms with Crippen LogP contribution >= 0.6 is 0 Å². The highest BCUT2D eigenvalue weighted by molar-refractivity contribution is 5.75. The van der Waals surface area contributed by atoms with Crippen LogP contribution in [0.2, 0.25) is 0 Å². The summed E-state index contributed by atoms with van der Waals surface area (Å²) >= 11 is 0. The monoisotopic (exact) mass is 329 g/mol. The molecule has 4 rings (SSSR count). The van der Waals surface area contributed by atoms with Crippen LogP contribution in [-0.4, -0.2) is 31.6 Å². The van der Waals surface area contributed by atoms with Crippen LogP contribution in [0.15, 0.2) is 22.7 Å². The minimum Gasteiger partial charge on any atom is -0.341 e. The number of H-pyrrole nitrogens is 1. The highest BCUT2D eigenvalue weighted by Gasteiger charge is 2.31. The van der Waals surface area contributed by atoms with Crippen LogP contribution in [0.5, 0.6) is 0 Å². The minimum atomic E-state index is -0.298. The average molecular weight is 329 g/mol. The Kier molecular flexibility index (Phi) is 3.80. The van der Waals surface area contributed by atoms with Crippen molar-refractivity contribution < 1.29 is 8.91 Å². The molecular formula is C17H20FN5O. The molecule has 7 heteroatoms. The molecule has 1 N–H and O–H groups in total. The molecule has 3 aromatic rings. The Hall–Kier alpha value is -2.28. The van der Waals surface area contributed by atoms with Gasteiger partial charge in [0.05, 0.1) is 18.1 Å². The fraction of sp³-hybridized carbons (Fsp3) is 0.471. The molecule has 0 unspecified atom stereocenters. The third kappa shape index (κ3) is 2.69. The van der Waals surface area contributed by atoms with Gasteiger partial charge in [0, 0.05) is 5.92 Å². The van der Waals surface area contributed by atoms with Gasteiger partial charge in [0.1, 0.15) is 11.3 Å². The Morgan fingerprint density at radius 2 is 2.25 bits per heavy atom. The van der Waals surface area contributed by atoms with Gasteiger partial charge >= 0.3 is 0 Å². The number of fused-ring (bicyclic) bond motifs is 1. The molecule has 3 heterocycles. The predicted molar refractivity (Wildman–Crippen MR) is 86.8 cm³/mol. The van der Waals surface area contributed by atoms with Crippen molar-refractivity contribution in [2.45, 2.75) is 45.2 Å². The Morgan fingerprint density at radius 1 is 1.38 bits per heavy atom. The summed E-state index contributed by atoms with van der Waals surface area (Å²) < 4.78 is 19.1. The molecule has 0 aliphatic carbocycles. The van der Waals surface area contributed by atoms with Crippen molar-refractivity contribution in [1.29, 1.82) is 0 Å². The quantitative estimate of drug-likeness (QED) is 0.792. The van der Waals surface area contributed by atoms with Crippen LogP contribution < -0.4 is 0 Å². The van der Waals surface area contributed by atoms with Crippen molar-refractivity contribution in [2.75, 3.05) is 6.54 Å². The maximum Gasteiger partial charge on any atom is 0.229 e. The van der Waals surface area contributed by atoms with Crippen molar-refractivity contribution in [3.05, 3.63) is 41.6 Å². The Morgan fingerprint density at radius 3 is 3.00 bits per heavy atom. The summed E-state index contributed by atoms with van der Waals surface area (Å²) in [6, 6.07) is 5.08. The summed E-state index contributed by atoms with van der Waals surface area (Å²) in [5.41, 5.74) is 1.12. The molecular weight excluding hydrogens is 309 g/mol. The number of halogens is 1. The van der Waals surface area contributed by atoms with E-state index in [0.29, 0.717) is 18.0 Å². The molecule has 1 fully saturated rings. The SMILES string of the molecule is CC(C)c1nc([C@H]2CCCN2Cc2nc3c(F)cccc3[nH]2)no1. The molecule has 0 radical (unpaired) electrons. The highest BCUT2D eigenvalue weighted by Crippen LogP contribution is 2.32. The molecule has 0 amide bonds. The summed E-state index contributed by atoms with van der Waals surface area (Å²) in [4.78, 5) is 14.4. The molecule has 24 heavy (non-hydrogen) atoms. The summed E-state index contributed by atoms with van der Waals surface area (Å²) in [7, 11) is 0. The number of hydrogen-bond donors (Lipinski definition) is 1. The van der Waals surface area contributed by atoms with Gasteiger partial charge in [0.15, 0.2) is 11.6 Å². The highest BCUT2D eigenvalue weighted by atomic mass is 19.1. The lowest BCUT2D eigenvalue weighted by Gasteiger charge is -2.20. The van der Waals surface area contributed by atoms with Gasteiger partial charge < -0.3 is 9.51 Å². The molecule has 1 aromatic carbocycles. The molecule has 0 bridgehead atoms.